The van der Waals surface area contributed by atoms with E-state index < -0.39 is 17.0 Å². The number of ether oxygens (including phenoxy) is 1. The van der Waals surface area contributed by atoms with E-state index in [-0.39, 0.29) is 5.56 Å². The molecule has 0 spiro atoms. The van der Waals surface area contributed by atoms with Gasteiger partial charge in [-0.25, -0.2) is 8.78 Å². The first-order chi connectivity index (χ1) is 9.16. The molecule has 3 rings (SSSR count). The van der Waals surface area contributed by atoms with Crippen LogP contribution in [0.25, 0.3) is 0 Å². The highest BCUT2D eigenvalue weighted by Gasteiger charge is 2.21. The topological polar surface area (TPSA) is 9.23 Å². The summed E-state index contributed by atoms with van der Waals surface area (Å²) in [5, 5.41) is -0.841. The van der Waals surface area contributed by atoms with Gasteiger partial charge in [0.2, 0.25) is 0 Å². The lowest BCUT2D eigenvalue weighted by atomic mass is 10.0. The first kappa shape index (κ1) is 12.4. The van der Waals surface area contributed by atoms with Crippen LogP contribution in [0.1, 0.15) is 22.1 Å². The van der Waals surface area contributed by atoms with Crippen LogP contribution in [0.3, 0.4) is 0 Å². The summed E-state index contributed by atoms with van der Waals surface area (Å²) in [5.74, 6) is -0.435. The average molecular weight is 281 g/mol. The summed E-state index contributed by atoms with van der Waals surface area (Å²) in [6, 6.07) is 9.15. The Morgan fingerprint density at radius 3 is 2.58 bits per heavy atom. The molecule has 4 heteroatoms. The fraction of sp³-hybridized carbons (Fsp3) is 0.200. The molecule has 2 aromatic rings. The Hall–Kier alpha value is -1.61. The lowest BCUT2D eigenvalue weighted by molar-refractivity contribution is 0.357. The number of halogens is 3. The molecule has 0 bridgehead atoms. The second kappa shape index (κ2) is 4.82. The first-order valence-corrected chi connectivity index (χ1v) is 6.44. The number of fused-ring (bicyclic) bond motifs is 1. The highest BCUT2D eigenvalue weighted by atomic mass is 35.5. The van der Waals surface area contributed by atoms with Crippen LogP contribution in [0.15, 0.2) is 36.4 Å². The summed E-state index contributed by atoms with van der Waals surface area (Å²) in [6.45, 7) is 0.639. The number of hydrogen-bond acceptors (Lipinski definition) is 1. The van der Waals surface area contributed by atoms with E-state index in [9.17, 15) is 8.78 Å². The minimum atomic E-state index is -0.841. The smallest absolute Gasteiger partial charge is 0.131 e. The van der Waals surface area contributed by atoms with Gasteiger partial charge in [-0.2, -0.15) is 0 Å². The number of rotatable bonds is 2. The molecule has 19 heavy (non-hydrogen) atoms. The highest BCUT2D eigenvalue weighted by molar-refractivity contribution is 6.22. The fourth-order valence-electron chi connectivity index (χ4n) is 2.28. The van der Waals surface area contributed by atoms with Crippen molar-refractivity contribution in [3.8, 4) is 5.75 Å². The van der Waals surface area contributed by atoms with Gasteiger partial charge in [-0.1, -0.05) is 18.2 Å². The van der Waals surface area contributed by atoms with Crippen LogP contribution in [-0.4, -0.2) is 6.61 Å². The molecule has 1 atom stereocenters. The monoisotopic (exact) mass is 280 g/mol. The number of hydrogen-bond donors (Lipinski definition) is 0. The first-order valence-electron chi connectivity index (χ1n) is 6.00. The predicted octanol–water partition coefficient (Wildman–Crippen LogP) is 4.23. The van der Waals surface area contributed by atoms with Crippen molar-refractivity contribution in [2.75, 3.05) is 6.61 Å². The molecule has 1 nitrogen and oxygen atoms in total. The van der Waals surface area contributed by atoms with Gasteiger partial charge in [0.05, 0.1) is 12.0 Å². The summed E-state index contributed by atoms with van der Waals surface area (Å²) in [6.07, 6.45) is 0.798. The van der Waals surface area contributed by atoms with Crippen LogP contribution in [-0.2, 0) is 6.42 Å². The van der Waals surface area contributed by atoms with Gasteiger partial charge in [0.15, 0.2) is 0 Å². The van der Waals surface area contributed by atoms with Crippen LogP contribution in [0, 0.1) is 11.6 Å². The van der Waals surface area contributed by atoms with Gasteiger partial charge in [0.1, 0.15) is 17.4 Å². The maximum atomic E-state index is 13.7. The third-order valence-corrected chi connectivity index (χ3v) is 3.73. The van der Waals surface area contributed by atoms with Gasteiger partial charge in [0.25, 0.3) is 0 Å². The van der Waals surface area contributed by atoms with Crippen LogP contribution < -0.4 is 4.74 Å². The lowest BCUT2D eigenvalue weighted by Gasteiger charge is -2.13. The van der Waals surface area contributed by atoms with E-state index in [1.54, 1.807) is 12.1 Å². The standard InChI is InChI=1S/C15H11ClF2O/c16-15(14-11(17)2-1-3-12(14)18)10-4-5-13-9(8-10)6-7-19-13/h1-5,8,15H,6-7H2. The predicted molar refractivity (Wildman–Crippen MR) is 69.7 cm³/mol. The van der Waals surface area contributed by atoms with Crippen LogP contribution in [0.2, 0.25) is 0 Å². The quantitative estimate of drug-likeness (QED) is 0.748. The van der Waals surface area contributed by atoms with E-state index >= 15 is 0 Å². The number of benzene rings is 2. The Morgan fingerprint density at radius 1 is 1.11 bits per heavy atom. The van der Waals surface area contributed by atoms with Crippen LogP contribution in [0.4, 0.5) is 8.78 Å². The van der Waals surface area contributed by atoms with Gasteiger partial charge >= 0.3 is 0 Å². The van der Waals surface area contributed by atoms with Crippen molar-refractivity contribution in [1.82, 2.24) is 0 Å². The third-order valence-electron chi connectivity index (χ3n) is 3.26. The Morgan fingerprint density at radius 2 is 1.84 bits per heavy atom. The van der Waals surface area contributed by atoms with Crippen molar-refractivity contribution in [3.05, 3.63) is 64.7 Å². The molecule has 0 aliphatic carbocycles. The van der Waals surface area contributed by atoms with Gasteiger partial charge in [-0.15, -0.1) is 11.6 Å². The molecule has 0 fully saturated rings. The third kappa shape index (κ3) is 2.19. The molecule has 0 N–H and O–H groups in total. The van der Waals surface area contributed by atoms with Gasteiger partial charge in [0, 0.05) is 12.0 Å². The largest absolute Gasteiger partial charge is 0.493 e. The molecular weight excluding hydrogens is 270 g/mol. The summed E-state index contributed by atoms with van der Waals surface area (Å²) in [5.41, 5.74) is 1.60. The molecule has 1 aliphatic heterocycles. The number of alkyl halides is 1. The molecule has 0 saturated carbocycles. The van der Waals surface area contributed by atoms with E-state index in [1.165, 1.54) is 18.2 Å². The van der Waals surface area contributed by atoms with E-state index in [4.69, 9.17) is 16.3 Å². The average Bonchev–Trinajstić information content (AvgIpc) is 2.85. The minimum absolute atomic E-state index is 0.108. The molecule has 1 aliphatic rings. The molecule has 0 radical (unpaired) electrons. The van der Waals surface area contributed by atoms with Gasteiger partial charge in [-0.3, -0.25) is 0 Å². The fourth-order valence-corrected chi connectivity index (χ4v) is 2.63. The highest BCUT2D eigenvalue weighted by Crippen LogP contribution is 2.35. The van der Waals surface area contributed by atoms with Crippen molar-refractivity contribution in [2.24, 2.45) is 0 Å². The molecule has 0 aromatic heterocycles. The SMILES string of the molecule is Fc1cccc(F)c1C(Cl)c1ccc2c(c1)CCO2. The Labute approximate surface area is 114 Å². The summed E-state index contributed by atoms with van der Waals surface area (Å²) >= 11 is 6.22. The molecule has 0 saturated heterocycles. The normalized spacial score (nSPS) is 14.9. The zero-order valence-electron chi connectivity index (χ0n) is 10.00. The second-order valence-electron chi connectivity index (χ2n) is 4.46. The van der Waals surface area contributed by atoms with Crippen molar-refractivity contribution >= 4 is 11.6 Å². The van der Waals surface area contributed by atoms with Crippen molar-refractivity contribution in [1.29, 1.82) is 0 Å². The van der Waals surface area contributed by atoms with E-state index in [2.05, 4.69) is 0 Å². The molecule has 98 valence electrons. The van der Waals surface area contributed by atoms with Crippen molar-refractivity contribution in [2.45, 2.75) is 11.8 Å². The lowest BCUT2D eigenvalue weighted by Crippen LogP contribution is -2.01. The van der Waals surface area contributed by atoms with Crippen LogP contribution >= 0.6 is 11.6 Å². The summed E-state index contributed by atoms with van der Waals surface area (Å²) in [4.78, 5) is 0. The Kier molecular flexibility index (Phi) is 3.15. The van der Waals surface area contributed by atoms with E-state index in [1.807, 2.05) is 6.07 Å². The molecule has 2 aromatic carbocycles. The maximum absolute atomic E-state index is 13.7. The van der Waals surface area contributed by atoms with Crippen LogP contribution in [0.5, 0.6) is 5.75 Å². The van der Waals surface area contributed by atoms with E-state index in [0.717, 1.165) is 17.7 Å². The zero-order chi connectivity index (χ0) is 13.4. The van der Waals surface area contributed by atoms with Gasteiger partial charge < -0.3 is 4.74 Å². The molecule has 1 heterocycles. The summed E-state index contributed by atoms with van der Waals surface area (Å²) < 4.78 is 32.8. The second-order valence-corrected chi connectivity index (χ2v) is 4.90. The summed E-state index contributed by atoms with van der Waals surface area (Å²) in [7, 11) is 0. The maximum Gasteiger partial charge on any atom is 0.131 e. The Balaban J connectivity index is 2.02. The molecule has 0 amide bonds. The van der Waals surface area contributed by atoms with Crippen molar-refractivity contribution in [3.63, 3.8) is 0 Å². The molecule has 1 unspecified atom stereocenters. The van der Waals surface area contributed by atoms with Crippen molar-refractivity contribution < 1.29 is 13.5 Å². The minimum Gasteiger partial charge on any atom is -0.493 e. The van der Waals surface area contributed by atoms with E-state index in [0.29, 0.717) is 12.2 Å². The molecular formula is C15H11ClF2O. The Bertz CT molecular complexity index is 607. The zero-order valence-corrected chi connectivity index (χ0v) is 10.8. The van der Waals surface area contributed by atoms with Gasteiger partial charge in [-0.05, 0) is 29.3 Å².